The highest BCUT2D eigenvalue weighted by molar-refractivity contribution is 5.82. The summed E-state index contributed by atoms with van der Waals surface area (Å²) in [5.41, 5.74) is 3.57. The molecule has 2 nitrogen and oxygen atoms in total. The molecule has 0 radical (unpaired) electrons. The predicted octanol–water partition coefficient (Wildman–Crippen LogP) is 4.27. The minimum Gasteiger partial charge on any atom is -0.393 e. The summed E-state index contributed by atoms with van der Waals surface area (Å²) in [5.74, 6) is 3.37. The van der Waals surface area contributed by atoms with Crippen LogP contribution in [-0.4, -0.2) is 17.0 Å². The molecular weight excluding hydrogens is 272 g/mol. The Bertz CT molecular complexity index is 518. The van der Waals surface area contributed by atoms with E-state index in [4.69, 9.17) is 0 Å². The van der Waals surface area contributed by atoms with E-state index in [1.165, 1.54) is 44.1 Å². The summed E-state index contributed by atoms with van der Waals surface area (Å²) in [4.78, 5) is 11.8. The van der Waals surface area contributed by atoms with E-state index < -0.39 is 0 Å². The highest BCUT2D eigenvalue weighted by atomic mass is 16.3. The van der Waals surface area contributed by atoms with Crippen molar-refractivity contribution in [2.24, 2.45) is 29.1 Å². The number of aliphatic hydroxyl groups is 1. The van der Waals surface area contributed by atoms with Crippen LogP contribution in [0.4, 0.5) is 0 Å². The molecule has 4 aliphatic rings. The van der Waals surface area contributed by atoms with Gasteiger partial charge in [-0.3, -0.25) is 4.79 Å². The lowest BCUT2D eigenvalue weighted by molar-refractivity contribution is -0.119. The van der Waals surface area contributed by atoms with Crippen LogP contribution < -0.4 is 0 Å². The van der Waals surface area contributed by atoms with Gasteiger partial charge in [0, 0.05) is 12.8 Å². The second-order valence-corrected chi connectivity index (χ2v) is 8.73. The van der Waals surface area contributed by atoms with Crippen molar-refractivity contribution < 1.29 is 9.90 Å². The van der Waals surface area contributed by atoms with E-state index in [0.717, 1.165) is 37.0 Å². The number of ketones is 1. The summed E-state index contributed by atoms with van der Waals surface area (Å²) in [6.07, 6.45) is 10.0. The molecule has 0 aromatic carbocycles. The Labute approximate surface area is 134 Å². The topological polar surface area (TPSA) is 37.3 Å². The molecule has 122 valence electrons. The average molecular weight is 302 g/mol. The van der Waals surface area contributed by atoms with E-state index >= 15 is 0 Å². The maximum Gasteiger partial charge on any atom is 0.137 e. The van der Waals surface area contributed by atoms with Gasteiger partial charge in [-0.05, 0) is 81.0 Å². The largest absolute Gasteiger partial charge is 0.393 e. The predicted molar refractivity (Wildman–Crippen MR) is 87.3 cm³/mol. The van der Waals surface area contributed by atoms with Gasteiger partial charge in [0.25, 0.3) is 0 Å². The number of aliphatic hydroxyl groups excluding tert-OH is 1. The van der Waals surface area contributed by atoms with Gasteiger partial charge in [-0.15, -0.1) is 0 Å². The van der Waals surface area contributed by atoms with E-state index in [9.17, 15) is 9.90 Å². The fraction of sp³-hybridized carbons (Fsp3) is 0.850. The Balaban J connectivity index is 1.62. The van der Waals surface area contributed by atoms with E-state index in [0.29, 0.717) is 17.1 Å². The van der Waals surface area contributed by atoms with E-state index in [1.807, 2.05) is 6.92 Å². The van der Waals surface area contributed by atoms with Crippen LogP contribution in [0.25, 0.3) is 0 Å². The first-order valence-corrected chi connectivity index (χ1v) is 9.41. The van der Waals surface area contributed by atoms with Gasteiger partial charge >= 0.3 is 0 Å². The number of rotatable bonds is 1. The normalized spacial score (nSPS) is 46.0. The molecular formula is C20H30O2. The second kappa shape index (κ2) is 5.19. The number of hydrogen-bond donors (Lipinski definition) is 1. The Morgan fingerprint density at radius 1 is 1.14 bits per heavy atom. The van der Waals surface area contributed by atoms with Gasteiger partial charge in [-0.1, -0.05) is 18.1 Å². The molecule has 2 saturated carbocycles. The minimum atomic E-state index is -0.155. The Morgan fingerprint density at radius 3 is 2.73 bits per heavy atom. The molecule has 5 unspecified atom stereocenters. The Hall–Kier alpha value is -0.630. The molecule has 2 fully saturated rings. The van der Waals surface area contributed by atoms with Crippen LogP contribution in [0.5, 0.6) is 0 Å². The van der Waals surface area contributed by atoms with Crippen LogP contribution in [0, 0.1) is 29.1 Å². The third kappa shape index (κ3) is 2.06. The molecule has 6 atom stereocenters. The van der Waals surface area contributed by atoms with Crippen molar-refractivity contribution in [3.63, 3.8) is 0 Å². The monoisotopic (exact) mass is 302 g/mol. The standard InChI is InChI=1S/C20H30O2/c1-12(21)18-7-8-19-17-5-3-13-11-14(22)4-6-15(13)16(17)9-10-20(18,19)2/h12,16-19,21H,3-11H2,1-2H3/t12?,16?,17?,18?,19?,20-/m1/s1. The SMILES string of the molecule is CC(O)C1CCC2C3CCC4=C(CCC(=O)C4)C3CC[C@]12C. The maximum atomic E-state index is 11.8. The van der Waals surface area contributed by atoms with E-state index in [2.05, 4.69) is 6.92 Å². The lowest BCUT2D eigenvalue weighted by atomic mass is 9.53. The molecule has 1 N–H and O–H groups in total. The van der Waals surface area contributed by atoms with Crippen molar-refractivity contribution in [1.82, 2.24) is 0 Å². The molecule has 0 spiro atoms. The minimum absolute atomic E-state index is 0.155. The van der Waals surface area contributed by atoms with E-state index in [1.54, 1.807) is 5.57 Å². The summed E-state index contributed by atoms with van der Waals surface area (Å²) >= 11 is 0. The van der Waals surface area contributed by atoms with Gasteiger partial charge in [-0.2, -0.15) is 0 Å². The third-order valence-electron chi connectivity index (χ3n) is 7.86. The molecule has 0 bridgehead atoms. The number of allylic oxidation sites excluding steroid dienone is 2. The average Bonchev–Trinajstić information content (AvgIpc) is 2.84. The first kappa shape index (κ1) is 14.9. The third-order valence-corrected chi connectivity index (χ3v) is 7.86. The molecule has 22 heavy (non-hydrogen) atoms. The fourth-order valence-corrected chi connectivity index (χ4v) is 6.88. The number of carbonyl (C=O) groups excluding carboxylic acids is 1. The zero-order valence-corrected chi connectivity index (χ0v) is 14.1. The zero-order chi connectivity index (χ0) is 15.5. The van der Waals surface area contributed by atoms with Crippen LogP contribution in [0.3, 0.4) is 0 Å². The van der Waals surface area contributed by atoms with Crippen LogP contribution in [0.15, 0.2) is 11.1 Å². The summed E-state index contributed by atoms with van der Waals surface area (Å²) in [7, 11) is 0. The quantitative estimate of drug-likeness (QED) is 0.734. The second-order valence-electron chi connectivity index (χ2n) is 8.73. The van der Waals surface area contributed by atoms with Crippen LogP contribution in [0.1, 0.15) is 71.6 Å². The lowest BCUT2D eigenvalue weighted by Gasteiger charge is -2.52. The van der Waals surface area contributed by atoms with Crippen molar-refractivity contribution in [2.45, 2.75) is 77.7 Å². The molecule has 4 aliphatic carbocycles. The molecule has 0 heterocycles. The van der Waals surface area contributed by atoms with Gasteiger partial charge < -0.3 is 5.11 Å². The Morgan fingerprint density at radius 2 is 1.95 bits per heavy atom. The van der Waals surface area contributed by atoms with Crippen molar-refractivity contribution in [3.05, 3.63) is 11.1 Å². The van der Waals surface area contributed by atoms with Gasteiger partial charge in [0.2, 0.25) is 0 Å². The van der Waals surface area contributed by atoms with Crippen molar-refractivity contribution in [2.75, 3.05) is 0 Å². The first-order chi connectivity index (χ1) is 10.5. The molecule has 0 saturated heterocycles. The highest BCUT2D eigenvalue weighted by Gasteiger charge is 2.55. The van der Waals surface area contributed by atoms with Crippen LogP contribution >= 0.6 is 0 Å². The van der Waals surface area contributed by atoms with Gasteiger partial charge in [0.1, 0.15) is 5.78 Å². The van der Waals surface area contributed by atoms with Gasteiger partial charge in [0.15, 0.2) is 0 Å². The summed E-state index contributed by atoms with van der Waals surface area (Å²) in [6.45, 7) is 4.46. The number of fused-ring (bicyclic) bond motifs is 4. The smallest absolute Gasteiger partial charge is 0.137 e. The molecule has 4 rings (SSSR count). The Kier molecular flexibility index (Phi) is 3.52. The zero-order valence-electron chi connectivity index (χ0n) is 14.1. The number of hydrogen-bond acceptors (Lipinski definition) is 2. The maximum absolute atomic E-state index is 11.8. The van der Waals surface area contributed by atoms with Crippen LogP contribution in [-0.2, 0) is 4.79 Å². The fourth-order valence-electron chi connectivity index (χ4n) is 6.88. The number of Topliss-reactive ketones (excluding diaryl/α,β-unsaturated/α-hetero) is 1. The number of carbonyl (C=O) groups is 1. The van der Waals surface area contributed by atoms with Gasteiger partial charge in [0.05, 0.1) is 6.10 Å². The van der Waals surface area contributed by atoms with Crippen molar-refractivity contribution >= 4 is 5.78 Å². The molecule has 0 amide bonds. The molecule has 0 aromatic rings. The first-order valence-electron chi connectivity index (χ1n) is 9.41. The summed E-state index contributed by atoms with van der Waals surface area (Å²) in [6, 6.07) is 0. The lowest BCUT2D eigenvalue weighted by Crippen LogP contribution is -2.45. The van der Waals surface area contributed by atoms with Crippen molar-refractivity contribution in [3.8, 4) is 0 Å². The van der Waals surface area contributed by atoms with E-state index in [-0.39, 0.29) is 6.10 Å². The highest BCUT2D eigenvalue weighted by Crippen LogP contribution is 2.63. The summed E-state index contributed by atoms with van der Waals surface area (Å²) in [5, 5.41) is 10.2. The van der Waals surface area contributed by atoms with Crippen molar-refractivity contribution in [1.29, 1.82) is 0 Å². The molecule has 2 heteroatoms. The molecule has 0 aromatic heterocycles. The van der Waals surface area contributed by atoms with Gasteiger partial charge in [-0.25, -0.2) is 0 Å². The summed E-state index contributed by atoms with van der Waals surface area (Å²) < 4.78 is 0. The molecule has 0 aliphatic heterocycles. The van der Waals surface area contributed by atoms with Crippen LogP contribution in [0.2, 0.25) is 0 Å².